The molecular weight excluding hydrogens is 332 g/mol. The van der Waals surface area contributed by atoms with Crippen molar-refractivity contribution in [1.29, 1.82) is 0 Å². The number of esters is 1. The van der Waals surface area contributed by atoms with Crippen molar-refractivity contribution in [2.24, 2.45) is 23.2 Å². The van der Waals surface area contributed by atoms with Gasteiger partial charge in [-0.2, -0.15) is 0 Å². The predicted molar refractivity (Wildman–Crippen MR) is 99.7 cm³/mol. The molecule has 0 heterocycles. The fourth-order valence-electron chi connectivity index (χ4n) is 5.62. The highest BCUT2D eigenvalue weighted by Crippen LogP contribution is 2.70. The number of hydrogen-bond donors (Lipinski definition) is 0. The molecule has 3 aliphatic rings. The van der Waals surface area contributed by atoms with E-state index in [1.54, 1.807) is 0 Å². The molecule has 0 spiro atoms. The molecule has 5 atom stereocenters. The van der Waals surface area contributed by atoms with E-state index < -0.39 is 13.9 Å². The fourth-order valence-corrected chi connectivity index (χ4v) is 7.31. The summed E-state index contributed by atoms with van der Waals surface area (Å²) >= 11 is 0. The van der Waals surface area contributed by atoms with Gasteiger partial charge >= 0.3 is 5.97 Å². The van der Waals surface area contributed by atoms with Crippen LogP contribution < -0.4 is 0 Å². The number of hydrogen-bond acceptors (Lipinski definition) is 4. The number of methoxy groups -OCH3 is 1. The highest BCUT2D eigenvalue weighted by Gasteiger charge is 2.74. The molecule has 0 amide bonds. The Balaban J connectivity index is 2.00. The summed E-state index contributed by atoms with van der Waals surface area (Å²) in [6.07, 6.45) is 4.12. The highest BCUT2D eigenvalue weighted by molar-refractivity contribution is 6.74. The van der Waals surface area contributed by atoms with E-state index in [1.165, 1.54) is 7.11 Å². The standard InChI is InChI=1S/C20H34O4Si/c1-18(2,3)25(6,7)24-20-11-10-13-14(8-9-16(13)21)19(20,4)12-15(20)17(22)23-5/h13-15H,8-12H2,1-7H3/t13-,14-,15-,19+,20-/m0/s1. The number of Topliss-reactive ketones (excluding diaryl/α,β-unsaturated/α-hetero) is 1. The second kappa shape index (κ2) is 5.65. The Labute approximate surface area is 153 Å². The summed E-state index contributed by atoms with van der Waals surface area (Å²) in [7, 11) is -0.581. The molecule has 3 fully saturated rings. The van der Waals surface area contributed by atoms with Crippen molar-refractivity contribution in [1.82, 2.24) is 0 Å². The Morgan fingerprint density at radius 3 is 2.44 bits per heavy atom. The van der Waals surface area contributed by atoms with Crippen LogP contribution in [0.1, 0.15) is 59.8 Å². The average molecular weight is 367 g/mol. The highest BCUT2D eigenvalue weighted by atomic mass is 28.4. The van der Waals surface area contributed by atoms with Crippen LogP contribution in [0.4, 0.5) is 0 Å². The number of rotatable bonds is 3. The lowest BCUT2D eigenvalue weighted by molar-refractivity contribution is -0.253. The van der Waals surface area contributed by atoms with Crippen molar-refractivity contribution in [3.8, 4) is 0 Å². The second-order valence-electron chi connectivity index (χ2n) is 10.2. The third-order valence-electron chi connectivity index (χ3n) is 8.13. The summed E-state index contributed by atoms with van der Waals surface area (Å²) in [4.78, 5) is 24.9. The van der Waals surface area contributed by atoms with Gasteiger partial charge in [0, 0.05) is 17.8 Å². The predicted octanol–water partition coefficient (Wildman–Crippen LogP) is 4.34. The van der Waals surface area contributed by atoms with Gasteiger partial charge in [-0.05, 0) is 49.7 Å². The van der Waals surface area contributed by atoms with Crippen molar-refractivity contribution in [2.75, 3.05) is 7.11 Å². The number of ketones is 1. The number of ether oxygens (including phenoxy) is 1. The van der Waals surface area contributed by atoms with Gasteiger partial charge in [-0.3, -0.25) is 9.59 Å². The molecule has 3 aliphatic carbocycles. The first-order valence-electron chi connectivity index (χ1n) is 9.70. The molecule has 0 N–H and O–H groups in total. The summed E-state index contributed by atoms with van der Waals surface area (Å²) in [6.45, 7) is 13.5. The average Bonchev–Trinajstić information content (AvgIpc) is 2.87. The zero-order valence-corrected chi connectivity index (χ0v) is 17.9. The first-order valence-corrected chi connectivity index (χ1v) is 12.6. The topological polar surface area (TPSA) is 52.6 Å². The van der Waals surface area contributed by atoms with E-state index in [-0.39, 0.29) is 28.3 Å². The minimum atomic E-state index is -2.06. The number of carbonyl (C=O) groups is 2. The number of carbonyl (C=O) groups excluding carboxylic acids is 2. The van der Waals surface area contributed by atoms with Crippen LogP contribution in [0.25, 0.3) is 0 Å². The van der Waals surface area contributed by atoms with Gasteiger partial charge in [0.1, 0.15) is 5.78 Å². The van der Waals surface area contributed by atoms with Gasteiger partial charge in [0.2, 0.25) is 0 Å². The van der Waals surface area contributed by atoms with Crippen LogP contribution in [0.3, 0.4) is 0 Å². The Hall–Kier alpha value is -0.683. The summed E-state index contributed by atoms with van der Waals surface area (Å²) < 4.78 is 12.2. The monoisotopic (exact) mass is 366 g/mol. The Kier molecular flexibility index (Phi) is 4.32. The van der Waals surface area contributed by atoms with E-state index in [0.717, 1.165) is 25.7 Å². The van der Waals surface area contributed by atoms with Gasteiger partial charge in [-0.1, -0.05) is 27.7 Å². The molecule has 0 radical (unpaired) electrons. The molecule has 3 saturated carbocycles. The van der Waals surface area contributed by atoms with Crippen molar-refractivity contribution in [3.05, 3.63) is 0 Å². The molecule has 3 rings (SSSR count). The Morgan fingerprint density at radius 2 is 1.88 bits per heavy atom. The van der Waals surface area contributed by atoms with Gasteiger partial charge in [0.05, 0.1) is 18.6 Å². The maximum Gasteiger partial charge on any atom is 0.311 e. The summed E-state index contributed by atoms with van der Waals surface area (Å²) in [5.74, 6) is 0.639. The van der Waals surface area contributed by atoms with E-state index >= 15 is 0 Å². The summed E-state index contributed by atoms with van der Waals surface area (Å²) in [5, 5.41) is 0.0846. The molecule has 5 heteroatoms. The third kappa shape index (κ3) is 2.48. The van der Waals surface area contributed by atoms with Crippen LogP contribution in [0.15, 0.2) is 0 Å². The third-order valence-corrected chi connectivity index (χ3v) is 12.6. The molecule has 0 saturated heterocycles. The van der Waals surface area contributed by atoms with Gasteiger partial charge in [-0.25, -0.2) is 0 Å². The minimum Gasteiger partial charge on any atom is -0.469 e. The largest absolute Gasteiger partial charge is 0.469 e. The molecule has 25 heavy (non-hydrogen) atoms. The van der Waals surface area contributed by atoms with Gasteiger partial charge < -0.3 is 9.16 Å². The normalized spacial score (nSPS) is 40.9. The van der Waals surface area contributed by atoms with Crippen molar-refractivity contribution < 1.29 is 18.8 Å². The van der Waals surface area contributed by atoms with Gasteiger partial charge in [0.25, 0.3) is 0 Å². The van der Waals surface area contributed by atoms with Crippen LogP contribution in [0, 0.1) is 23.2 Å². The van der Waals surface area contributed by atoms with Gasteiger partial charge in [0.15, 0.2) is 8.32 Å². The lowest BCUT2D eigenvalue weighted by Crippen LogP contribution is -2.74. The number of fused-ring (bicyclic) bond motifs is 3. The quantitative estimate of drug-likeness (QED) is 0.551. The molecule has 4 nitrogen and oxygen atoms in total. The Morgan fingerprint density at radius 1 is 1.24 bits per heavy atom. The first kappa shape index (κ1) is 19.1. The van der Waals surface area contributed by atoms with Crippen LogP contribution in [-0.2, 0) is 18.8 Å². The second-order valence-corrected chi connectivity index (χ2v) is 14.9. The van der Waals surface area contributed by atoms with Crippen molar-refractivity contribution in [3.63, 3.8) is 0 Å². The zero-order valence-electron chi connectivity index (χ0n) is 16.9. The van der Waals surface area contributed by atoms with Crippen LogP contribution >= 0.6 is 0 Å². The maximum atomic E-state index is 12.5. The van der Waals surface area contributed by atoms with E-state index in [0.29, 0.717) is 18.1 Å². The molecule has 142 valence electrons. The SMILES string of the molecule is COC(=O)[C@@H]1C[C@]2(C)[C@H]3CCC(=O)[C@H]3CC[C@]12O[Si](C)(C)C(C)(C)C. The fraction of sp³-hybridized carbons (Fsp3) is 0.900. The van der Waals surface area contributed by atoms with E-state index in [9.17, 15) is 9.59 Å². The molecule has 0 bridgehead atoms. The summed E-state index contributed by atoms with van der Waals surface area (Å²) in [5.41, 5.74) is -0.536. The van der Waals surface area contributed by atoms with Crippen LogP contribution in [0.2, 0.25) is 18.1 Å². The molecular formula is C20H34O4Si. The molecule has 0 aromatic carbocycles. The molecule has 0 aliphatic heterocycles. The Bertz CT molecular complexity index is 593. The van der Waals surface area contributed by atoms with Gasteiger partial charge in [-0.15, -0.1) is 0 Å². The van der Waals surface area contributed by atoms with E-state index in [1.807, 2.05) is 0 Å². The van der Waals surface area contributed by atoms with Crippen LogP contribution in [-0.4, -0.2) is 32.8 Å². The van der Waals surface area contributed by atoms with E-state index in [4.69, 9.17) is 9.16 Å². The minimum absolute atomic E-state index is 0.0846. The maximum absolute atomic E-state index is 12.5. The smallest absolute Gasteiger partial charge is 0.311 e. The zero-order chi connectivity index (χ0) is 18.8. The lowest BCUT2D eigenvalue weighted by Gasteiger charge is -2.69. The molecule has 0 aromatic rings. The van der Waals surface area contributed by atoms with E-state index in [2.05, 4.69) is 40.8 Å². The lowest BCUT2D eigenvalue weighted by atomic mass is 9.41. The van der Waals surface area contributed by atoms with Crippen molar-refractivity contribution >= 4 is 20.1 Å². The first-order chi connectivity index (χ1) is 11.4. The molecule has 0 aromatic heterocycles. The van der Waals surface area contributed by atoms with Crippen LogP contribution in [0.5, 0.6) is 0 Å². The molecule has 0 unspecified atom stereocenters. The van der Waals surface area contributed by atoms with Crippen molar-refractivity contribution in [2.45, 2.75) is 83.5 Å². The summed E-state index contributed by atoms with van der Waals surface area (Å²) in [6, 6.07) is 0.